The summed E-state index contributed by atoms with van der Waals surface area (Å²) in [7, 11) is 0. The van der Waals surface area contributed by atoms with Gasteiger partial charge in [-0.1, -0.05) is 30.3 Å². The van der Waals surface area contributed by atoms with Crippen LogP contribution in [0.25, 0.3) is 5.78 Å². The van der Waals surface area contributed by atoms with Crippen molar-refractivity contribution >= 4 is 18.0 Å². The topological polar surface area (TPSA) is 78.0 Å². The van der Waals surface area contributed by atoms with Gasteiger partial charge in [0.2, 0.25) is 5.78 Å². The molecule has 0 fully saturated rings. The Kier molecular flexibility index (Phi) is 4.24. The summed E-state index contributed by atoms with van der Waals surface area (Å²) in [6, 6.07) is 9.58. The summed E-state index contributed by atoms with van der Waals surface area (Å²) >= 11 is 0. The number of nitrogens with zero attached hydrogens (tertiary/aromatic N) is 4. The molecular weight excluding hydrogens is 308 g/mol. The molecule has 0 N–H and O–H groups in total. The molecule has 0 aliphatic rings. The van der Waals surface area contributed by atoms with Crippen LogP contribution in [-0.2, 0) is 4.74 Å². The predicted octanol–water partition coefficient (Wildman–Crippen LogP) is 1.86. The number of carbonyl (C=O) groups excluding carboxylic acids is 1. The smallest absolute Gasteiger partial charge is 0.345 e. The first-order chi connectivity index (χ1) is 11.6. The fraction of sp³-hybridized carbons (Fsp3) is 0.176. The Morgan fingerprint density at radius 1 is 1.33 bits per heavy atom. The zero-order valence-corrected chi connectivity index (χ0v) is 13.3. The first-order valence-corrected chi connectivity index (χ1v) is 7.48. The highest BCUT2D eigenvalue weighted by Crippen LogP contribution is 2.07. The molecule has 0 saturated carbocycles. The van der Waals surface area contributed by atoms with E-state index < -0.39 is 11.5 Å². The van der Waals surface area contributed by atoms with Crippen molar-refractivity contribution < 1.29 is 9.53 Å². The Morgan fingerprint density at radius 3 is 2.79 bits per heavy atom. The van der Waals surface area contributed by atoms with E-state index in [4.69, 9.17) is 4.74 Å². The molecule has 0 atom stereocenters. The van der Waals surface area contributed by atoms with Gasteiger partial charge in [-0.25, -0.2) is 18.9 Å². The maximum absolute atomic E-state index is 12.5. The molecule has 0 spiro atoms. The zero-order valence-electron chi connectivity index (χ0n) is 13.3. The molecule has 0 unspecified atom stereocenters. The van der Waals surface area contributed by atoms with E-state index in [1.165, 1.54) is 15.3 Å². The van der Waals surface area contributed by atoms with Crippen LogP contribution < -0.4 is 5.56 Å². The molecule has 24 heavy (non-hydrogen) atoms. The fourth-order valence-corrected chi connectivity index (χ4v) is 2.32. The maximum Gasteiger partial charge on any atom is 0.345 e. The normalized spacial score (nSPS) is 11.2. The number of ether oxygens (including phenoxy) is 1. The van der Waals surface area contributed by atoms with Gasteiger partial charge in [-0.2, -0.15) is 5.10 Å². The first-order valence-electron chi connectivity index (χ1n) is 7.48. The first kappa shape index (κ1) is 15.7. The molecule has 3 aromatic rings. The predicted molar refractivity (Wildman–Crippen MR) is 89.6 cm³/mol. The summed E-state index contributed by atoms with van der Waals surface area (Å²) in [6.07, 6.45) is 4.58. The van der Waals surface area contributed by atoms with E-state index in [1.54, 1.807) is 26.3 Å². The highest BCUT2D eigenvalue weighted by atomic mass is 16.5. The van der Waals surface area contributed by atoms with E-state index in [0.717, 1.165) is 5.56 Å². The third-order valence-electron chi connectivity index (χ3n) is 3.44. The van der Waals surface area contributed by atoms with Gasteiger partial charge in [-0.15, -0.1) is 0 Å². The number of esters is 1. The number of fused-ring (bicyclic) bond motifs is 1. The number of imidazole rings is 1. The lowest BCUT2D eigenvalue weighted by molar-refractivity contribution is 0.0523. The molecule has 2 heterocycles. The monoisotopic (exact) mass is 324 g/mol. The summed E-state index contributed by atoms with van der Waals surface area (Å²) in [5.41, 5.74) is 0.984. The Balaban J connectivity index is 2.06. The Labute approximate surface area is 137 Å². The van der Waals surface area contributed by atoms with Crippen LogP contribution in [0, 0.1) is 6.92 Å². The summed E-state index contributed by atoms with van der Waals surface area (Å²) in [5, 5.41) is 4.33. The van der Waals surface area contributed by atoms with E-state index in [1.807, 2.05) is 30.3 Å². The number of carbonyl (C=O) groups is 1. The van der Waals surface area contributed by atoms with E-state index in [-0.39, 0.29) is 12.2 Å². The SMILES string of the molecule is CCOC(=O)c1cnc2n(N=Cc3ccccc3)cc(C)n2c1=O. The van der Waals surface area contributed by atoms with Crippen molar-refractivity contribution in [2.24, 2.45) is 5.10 Å². The molecule has 0 radical (unpaired) electrons. The van der Waals surface area contributed by atoms with E-state index >= 15 is 0 Å². The molecule has 122 valence electrons. The highest BCUT2D eigenvalue weighted by molar-refractivity contribution is 5.88. The molecule has 0 aliphatic carbocycles. The van der Waals surface area contributed by atoms with Gasteiger partial charge in [0, 0.05) is 5.69 Å². The van der Waals surface area contributed by atoms with Gasteiger partial charge >= 0.3 is 5.97 Å². The quantitative estimate of drug-likeness (QED) is 0.542. The van der Waals surface area contributed by atoms with Crippen LogP contribution in [-0.4, -0.2) is 32.9 Å². The minimum Gasteiger partial charge on any atom is -0.462 e. The molecule has 0 amide bonds. The molecule has 1 aromatic carbocycles. The number of aromatic nitrogens is 3. The molecule has 2 aromatic heterocycles. The van der Waals surface area contributed by atoms with Crippen LogP contribution >= 0.6 is 0 Å². The summed E-state index contributed by atoms with van der Waals surface area (Å²) in [4.78, 5) is 28.5. The van der Waals surface area contributed by atoms with Crippen LogP contribution in [0.5, 0.6) is 0 Å². The molecule has 0 saturated heterocycles. The number of hydrogen-bond acceptors (Lipinski definition) is 5. The third-order valence-corrected chi connectivity index (χ3v) is 3.44. The van der Waals surface area contributed by atoms with E-state index in [2.05, 4.69) is 10.1 Å². The van der Waals surface area contributed by atoms with Crippen LogP contribution in [0.3, 0.4) is 0 Å². The maximum atomic E-state index is 12.5. The van der Waals surface area contributed by atoms with Gasteiger partial charge in [0.05, 0.1) is 25.2 Å². The molecule has 3 rings (SSSR count). The second-order valence-corrected chi connectivity index (χ2v) is 5.10. The second-order valence-electron chi connectivity index (χ2n) is 5.10. The molecule has 0 bridgehead atoms. The number of aryl methyl sites for hydroxylation is 1. The molecule has 7 nitrogen and oxygen atoms in total. The third kappa shape index (κ3) is 2.83. The minimum absolute atomic E-state index is 0.0951. The Morgan fingerprint density at radius 2 is 2.08 bits per heavy atom. The molecule has 0 aliphatic heterocycles. The molecule has 7 heteroatoms. The number of hydrogen-bond donors (Lipinski definition) is 0. The lowest BCUT2D eigenvalue weighted by atomic mass is 10.2. The Hall–Kier alpha value is -3.22. The number of benzene rings is 1. The van der Waals surface area contributed by atoms with E-state index in [0.29, 0.717) is 11.5 Å². The van der Waals surface area contributed by atoms with Crippen LogP contribution in [0.2, 0.25) is 0 Å². The molecular formula is C17H16N4O3. The lowest BCUT2D eigenvalue weighted by Crippen LogP contribution is -2.24. The average molecular weight is 324 g/mol. The summed E-state index contributed by atoms with van der Waals surface area (Å²) in [6.45, 7) is 3.63. The largest absolute Gasteiger partial charge is 0.462 e. The van der Waals surface area contributed by atoms with Gasteiger partial charge in [-0.05, 0) is 19.4 Å². The minimum atomic E-state index is -0.677. The van der Waals surface area contributed by atoms with Crippen LogP contribution in [0.1, 0.15) is 28.5 Å². The zero-order chi connectivity index (χ0) is 17.1. The van der Waals surface area contributed by atoms with Gasteiger partial charge in [0.1, 0.15) is 5.56 Å². The van der Waals surface area contributed by atoms with Gasteiger partial charge in [-0.3, -0.25) is 4.79 Å². The summed E-state index contributed by atoms with van der Waals surface area (Å²) in [5.74, 6) is -0.345. The van der Waals surface area contributed by atoms with Crippen molar-refractivity contribution in [1.82, 2.24) is 14.1 Å². The van der Waals surface area contributed by atoms with Crippen molar-refractivity contribution in [3.8, 4) is 0 Å². The van der Waals surface area contributed by atoms with Crippen molar-refractivity contribution in [3.05, 3.63) is 69.9 Å². The standard InChI is InChI=1S/C17H16N4O3/c1-3-24-16(23)14-10-18-17-20(11-12(2)21(17)15(14)22)19-9-13-7-5-4-6-8-13/h4-11H,3H2,1-2H3. The van der Waals surface area contributed by atoms with E-state index in [9.17, 15) is 9.59 Å². The van der Waals surface area contributed by atoms with Gasteiger partial charge in [0.25, 0.3) is 5.56 Å². The second kappa shape index (κ2) is 6.49. The Bertz CT molecular complexity index is 971. The highest BCUT2D eigenvalue weighted by Gasteiger charge is 2.17. The van der Waals surface area contributed by atoms with Crippen LogP contribution in [0.4, 0.5) is 0 Å². The fourth-order valence-electron chi connectivity index (χ4n) is 2.32. The van der Waals surface area contributed by atoms with Crippen molar-refractivity contribution in [2.75, 3.05) is 6.61 Å². The average Bonchev–Trinajstić information content (AvgIpc) is 2.91. The van der Waals surface area contributed by atoms with Gasteiger partial charge in [0.15, 0.2) is 0 Å². The van der Waals surface area contributed by atoms with Crippen molar-refractivity contribution in [1.29, 1.82) is 0 Å². The van der Waals surface area contributed by atoms with Crippen LogP contribution in [0.15, 0.2) is 52.6 Å². The van der Waals surface area contributed by atoms with Crippen molar-refractivity contribution in [2.45, 2.75) is 13.8 Å². The lowest BCUT2D eigenvalue weighted by Gasteiger charge is -2.02. The van der Waals surface area contributed by atoms with Crippen molar-refractivity contribution in [3.63, 3.8) is 0 Å². The number of rotatable bonds is 4. The summed E-state index contributed by atoms with van der Waals surface area (Å²) < 4.78 is 7.72. The van der Waals surface area contributed by atoms with Gasteiger partial charge < -0.3 is 4.74 Å².